The smallest absolute Gasteiger partial charge is 0.328 e. The Morgan fingerprint density at radius 3 is 2.72 bits per heavy atom. The number of aliphatic hydroxyl groups is 1. The quantitative estimate of drug-likeness (QED) is 0.776. The number of aliphatic hydroxyl groups excluding tert-OH is 1. The van der Waals surface area contributed by atoms with Crippen molar-refractivity contribution >= 4 is 23.4 Å². The molecule has 1 aromatic heterocycles. The minimum atomic E-state index is -0.941. The molecule has 0 aliphatic carbocycles. The lowest BCUT2D eigenvalue weighted by Gasteiger charge is -2.33. The molecule has 1 heterocycles. The van der Waals surface area contributed by atoms with Gasteiger partial charge in [0, 0.05) is 27.9 Å². The van der Waals surface area contributed by atoms with Crippen LogP contribution in [0.1, 0.15) is 23.6 Å². The molecule has 2 N–H and O–H groups in total. The fourth-order valence-corrected chi connectivity index (χ4v) is 2.26. The highest BCUT2D eigenvalue weighted by Gasteiger charge is 2.22. The summed E-state index contributed by atoms with van der Waals surface area (Å²) in [5, 5.41) is 17.8. The zero-order valence-electron chi connectivity index (χ0n) is 10.9. The summed E-state index contributed by atoms with van der Waals surface area (Å²) in [6.45, 7) is 4.79. The summed E-state index contributed by atoms with van der Waals surface area (Å²) in [5.74, 6) is -0.941. The van der Waals surface area contributed by atoms with Crippen molar-refractivity contribution in [3.63, 3.8) is 0 Å². The van der Waals surface area contributed by atoms with E-state index < -0.39 is 5.97 Å². The van der Waals surface area contributed by atoms with Crippen LogP contribution in [0.3, 0.4) is 0 Å². The van der Waals surface area contributed by atoms with E-state index in [1.54, 1.807) is 17.4 Å². The Hall–Kier alpha value is -1.17. The minimum absolute atomic E-state index is 0.0979. The van der Waals surface area contributed by atoms with Gasteiger partial charge in [-0.1, -0.05) is 0 Å². The van der Waals surface area contributed by atoms with E-state index in [1.807, 2.05) is 33.0 Å². The van der Waals surface area contributed by atoms with Crippen LogP contribution in [-0.4, -0.2) is 40.3 Å². The van der Waals surface area contributed by atoms with E-state index in [1.165, 1.54) is 0 Å². The number of hydrogen-bond acceptors (Lipinski definition) is 4. The second-order valence-corrected chi connectivity index (χ2v) is 6.00. The minimum Gasteiger partial charge on any atom is -0.478 e. The van der Waals surface area contributed by atoms with E-state index in [0.717, 1.165) is 22.4 Å². The molecule has 0 aliphatic heterocycles. The molecular weight excluding hydrogens is 250 g/mol. The number of thiophene rings is 1. The molecule has 1 aromatic rings. The van der Waals surface area contributed by atoms with Gasteiger partial charge in [0.2, 0.25) is 0 Å². The van der Waals surface area contributed by atoms with Crippen molar-refractivity contribution in [2.45, 2.75) is 25.9 Å². The zero-order chi connectivity index (χ0) is 13.8. The predicted molar refractivity (Wildman–Crippen MR) is 73.6 cm³/mol. The average Bonchev–Trinajstić information content (AvgIpc) is 2.74. The third-order valence-corrected chi connectivity index (χ3v) is 3.92. The monoisotopic (exact) mass is 269 g/mol. The number of likely N-dealkylation sites (N-methyl/N-ethyl adjacent to an activating group) is 1. The Balaban J connectivity index is 2.67. The molecule has 0 saturated heterocycles. The molecule has 0 aliphatic rings. The van der Waals surface area contributed by atoms with E-state index in [4.69, 9.17) is 5.11 Å². The summed E-state index contributed by atoms with van der Waals surface area (Å²) in [4.78, 5) is 14.5. The van der Waals surface area contributed by atoms with Gasteiger partial charge in [0.15, 0.2) is 0 Å². The molecule has 0 aromatic carbocycles. The van der Waals surface area contributed by atoms with Gasteiger partial charge < -0.3 is 10.2 Å². The van der Waals surface area contributed by atoms with Gasteiger partial charge in [-0.15, -0.1) is 11.3 Å². The number of nitrogens with zero attached hydrogens (tertiary/aromatic N) is 1. The molecule has 0 atom stereocenters. The van der Waals surface area contributed by atoms with Crippen molar-refractivity contribution in [2.24, 2.45) is 0 Å². The Labute approximate surface area is 111 Å². The topological polar surface area (TPSA) is 60.8 Å². The van der Waals surface area contributed by atoms with Crippen LogP contribution < -0.4 is 0 Å². The van der Waals surface area contributed by atoms with Crippen molar-refractivity contribution in [2.75, 3.05) is 13.7 Å². The normalized spacial score (nSPS) is 12.5. The fourth-order valence-electron chi connectivity index (χ4n) is 1.29. The molecule has 0 spiro atoms. The maximum absolute atomic E-state index is 10.4. The Morgan fingerprint density at radius 1 is 1.50 bits per heavy atom. The highest BCUT2D eigenvalue weighted by atomic mass is 32.1. The van der Waals surface area contributed by atoms with Crippen LogP contribution in [0.2, 0.25) is 0 Å². The molecule has 18 heavy (non-hydrogen) atoms. The molecule has 4 nitrogen and oxygen atoms in total. The predicted octanol–water partition coefficient (Wildman–Crippen LogP) is 2.05. The maximum atomic E-state index is 10.4. The van der Waals surface area contributed by atoms with Gasteiger partial charge in [0.05, 0.1) is 6.61 Å². The van der Waals surface area contributed by atoms with E-state index in [2.05, 4.69) is 4.90 Å². The largest absolute Gasteiger partial charge is 0.478 e. The summed E-state index contributed by atoms with van der Waals surface area (Å²) in [7, 11) is 1.96. The maximum Gasteiger partial charge on any atom is 0.328 e. The van der Waals surface area contributed by atoms with Crippen molar-refractivity contribution in [1.29, 1.82) is 0 Å². The SMILES string of the molecule is CN(Cc1ccc(/C=C/C(=O)O)s1)C(C)(C)CO. The van der Waals surface area contributed by atoms with E-state index in [-0.39, 0.29) is 12.1 Å². The van der Waals surface area contributed by atoms with Gasteiger partial charge >= 0.3 is 5.97 Å². The Kier molecular flexibility index (Phi) is 5.07. The zero-order valence-corrected chi connectivity index (χ0v) is 11.7. The number of carboxylic acids is 1. The van der Waals surface area contributed by atoms with Gasteiger partial charge in [-0.2, -0.15) is 0 Å². The molecule has 0 saturated carbocycles. The standard InChI is InChI=1S/C13H19NO3S/c1-13(2,9-15)14(3)8-11-5-4-10(18-11)6-7-12(16)17/h4-7,15H,8-9H2,1-3H3,(H,16,17)/b7-6+. The van der Waals surface area contributed by atoms with E-state index >= 15 is 0 Å². The second kappa shape index (κ2) is 6.13. The highest BCUT2D eigenvalue weighted by Crippen LogP contribution is 2.22. The molecule has 0 amide bonds. The molecule has 100 valence electrons. The van der Waals surface area contributed by atoms with Crippen LogP contribution >= 0.6 is 11.3 Å². The third-order valence-electron chi connectivity index (χ3n) is 2.89. The molecular formula is C13H19NO3S. The van der Waals surface area contributed by atoms with Gasteiger partial charge in [-0.25, -0.2) is 4.79 Å². The lowest BCUT2D eigenvalue weighted by Crippen LogP contribution is -2.43. The average molecular weight is 269 g/mol. The Bertz CT molecular complexity index is 437. The molecule has 0 fully saturated rings. The van der Waals surface area contributed by atoms with Crippen LogP contribution in [-0.2, 0) is 11.3 Å². The van der Waals surface area contributed by atoms with Crippen LogP contribution in [0.25, 0.3) is 6.08 Å². The van der Waals surface area contributed by atoms with Crippen molar-refractivity contribution < 1.29 is 15.0 Å². The lowest BCUT2D eigenvalue weighted by molar-refractivity contribution is -0.131. The molecule has 0 radical (unpaired) electrons. The van der Waals surface area contributed by atoms with E-state index in [0.29, 0.717) is 0 Å². The summed E-state index contributed by atoms with van der Waals surface area (Å²) >= 11 is 1.56. The number of carboxylic acid groups (broad SMARTS) is 1. The second-order valence-electron chi connectivity index (χ2n) is 4.80. The molecule has 0 bridgehead atoms. The van der Waals surface area contributed by atoms with Crippen molar-refractivity contribution in [3.05, 3.63) is 28.0 Å². The first kappa shape index (κ1) is 14.9. The van der Waals surface area contributed by atoms with Gasteiger partial charge in [-0.3, -0.25) is 4.90 Å². The fraction of sp³-hybridized carbons (Fsp3) is 0.462. The Morgan fingerprint density at radius 2 is 2.17 bits per heavy atom. The number of hydrogen-bond donors (Lipinski definition) is 2. The summed E-state index contributed by atoms with van der Waals surface area (Å²) < 4.78 is 0. The highest BCUT2D eigenvalue weighted by molar-refractivity contribution is 7.12. The summed E-state index contributed by atoms with van der Waals surface area (Å²) in [5.41, 5.74) is -0.263. The first-order valence-corrected chi connectivity index (χ1v) is 6.48. The van der Waals surface area contributed by atoms with Gasteiger partial charge in [-0.05, 0) is 39.1 Å². The van der Waals surface area contributed by atoms with Crippen molar-refractivity contribution in [1.82, 2.24) is 4.90 Å². The third kappa shape index (κ3) is 4.25. The lowest BCUT2D eigenvalue weighted by atomic mass is 10.1. The summed E-state index contributed by atoms with van der Waals surface area (Å²) in [6, 6.07) is 3.88. The van der Waals surface area contributed by atoms with Crippen LogP contribution in [0.4, 0.5) is 0 Å². The van der Waals surface area contributed by atoms with Crippen LogP contribution in [0.5, 0.6) is 0 Å². The first-order valence-electron chi connectivity index (χ1n) is 5.67. The summed E-state index contributed by atoms with van der Waals surface area (Å²) in [6.07, 6.45) is 2.73. The van der Waals surface area contributed by atoms with E-state index in [9.17, 15) is 9.90 Å². The number of carbonyl (C=O) groups is 1. The number of rotatable bonds is 6. The van der Waals surface area contributed by atoms with Crippen LogP contribution in [0.15, 0.2) is 18.2 Å². The molecule has 0 unspecified atom stereocenters. The molecule has 5 heteroatoms. The molecule has 1 rings (SSSR count). The first-order chi connectivity index (χ1) is 8.35. The van der Waals surface area contributed by atoms with Crippen LogP contribution in [0, 0.1) is 0 Å². The number of aliphatic carboxylic acids is 1. The van der Waals surface area contributed by atoms with Gasteiger partial charge in [0.25, 0.3) is 0 Å². The van der Waals surface area contributed by atoms with Crippen molar-refractivity contribution in [3.8, 4) is 0 Å². The van der Waals surface area contributed by atoms with Gasteiger partial charge in [0.1, 0.15) is 0 Å².